The van der Waals surface area contributed by atoms with Gasteiger partial charge in [-0.05, 0) is 30.5 Å². The minimum absolute atomic E-state index is 0.0421. The number of nitrogens with one attached hydrogen (secondary N) is 2. The molecular weight excluding hydrogens is 336 g/mol. The van der Waals surface area contributed by atoms with Crippen molar-refractivity contribution in [3.63, 3.8) is 0 Å². The van der Waals surface area contributed by atoms with Gasteiger partial charge in [0.2, 0.25) is 5.91 Å². The van der Waals surface area contributed by atoms with Gasteiger partial charge in [0.15, 0.2) is 5.76 Å². The number of rotatable bonds is 6. The molecule has 1 saturated carbocycles. The summed E-state index contributed by atoms with van der Waals surface area (Å²) in [5.74, 6) is -1.59. The van der Waals surface area contributed by atoms with Gasteiger partial charge < -0.3 is 20.2 Å². The van der Waals surface area contributed by atoms with Crippen molar-refractivity contribution < 1.29 is 23.9 Å². The number of benzene rings is 1. The molecule has 1 aromatic heterocycles. The molecule has 0 unspecified atom stereocenters. The van der Waals surface area contributed by atoms with E-state index in [-0.39, 0.29) is 29.7 Å². The third-order valence-electron chi connectivity index (χ3n) is 4.44. The zero-order chi connectivity index (χ0) is 18.5. The first-order valence-corrected chi connectivity index (χ1v) is 8.53. The maximum Gasteiger partial charge on any atom is 0.338 e. The molecule has 136 valence electrons. The van der Waals surface area contributed by atoms with Crippen LogP contribution in [0.2, 0.25) is 0 Å². The molecular formula is C19H20N2O5. The summed E-state index contributed by atoms with van der Waals surface area (Å²) in [6, 6.07) is 8.43. The van der Waals surface area contributed by atoms with E-state index >= 15 is 0 Å². The van der Waals surface area contributed by atoms with Crippen LogP contribution in [0.25, 0.3) is 0 Å². The number of anilines is 1. The standard InChI is InChI=1S/C19H20N2O5/c22-17(13-5-1-2-6-13)21-15-7-3-4-12(8-15)10-20-18(23)16-9-14(11-26-16)19(24)25/h3-4,7-9,11,13H,1-2,5-6,10H2,(H,20,23)(H,21,22)(H,24,25). The van der Waals surface area contributed by atoms with Crippen molar-refractivity contribution in [2.75, 3.05) is 5.32 Å². The highest BCUT2D eigenvalue weighted by atomic mass is 16.4. The summed E-state index contributed by atoms with van der Waals surface area (Å²) in [5, 5.41) is 14.4. The second kappa shape index (κ2) is 7.86. The fraction of sp³-hybridized carbons (Fsp3) is 0.316. The van der Waals surface area contributed by atoms with Crippen molar-refractivity contribution in [2.45, 2.75) is 32.2 Å². The van der Waals surface area contributed by atoms with Crippen LogP contribution < -0.4 is 10.6 Å². The molecule has 7 heteroatoms. The summed E-state index contributed by atoms with van der Waals surface area (Å²) in [6.07, 6.45) is 5.09. The van der Waals surface area contributed by atoms with Crippen LogP contribution in [0.1, 0.15) is 52.2 Å². The average Bonchev–Trinajstić information content (AvgIpc) is 3.31. The Morgan fingerprint density at radius 1 is 1.15 bits per heavy atom. The number of hydrogen-bond acceptors (Lipinski definition) is 4. The summed E-state index contributed by atoms with van der Waals surface area (Å²) >= 11 is 0. The Labute approximate surface area is 150 Å². The maximum atomic E-state index is 12.2. The number of hydrogen-bond donors (Lipinski definition) is 3. The van der Waals surface area contributed by atoms with Gasteiger partial charge in [-0.25, -0.2) is 4.79 Å². The molecule has 1 aromatic carbocycles. The van der Waals surface area contributed by atoms with Crippen LogP contribution in [-0.4, -0.2) is 22.9 Å². The number of carbonyl (C=O) groups is 3. The fourth-order valence-electron chi connectivity index (χ4n) is 3.03. The molecule has 1 aliphatic rings. The average molecular weight is 356 g/mol. The van der Waals surface area contributed by atoms with Gasteiger partial charge in [0.25, 0.3) is 5.91 Å². The summed E-state index contributed by atoms with van der Waals surface area (Å²) < 4.78 is 4.96. The van der Waals surface area contributed by atoms with E-state index in [1.54, 1.807) is 12.1 Å². The van der Waals surface area contributed by atoms with Crippen molar-refractivity contribution in [1.29, 1.82) is 0 Å². The molecule has 0 spiro atoms. The van der Waals surface area contributed by atoms with Crippen LogP contribution in [0.3, 0.4) is 0 Å². The topological polar surface area (TPSA) is 109 Å². The predicted molar refractivity (Wildman–Crippen MR) is 93.9 cm³/mol. The molecule has 0 saturated heterocycles. The van der Waals surface area contributed by atoms with Gasteiger partial charge >= 0.3 is 5.97 Å². The molecule has 3 N–H and O–H groups in total. The molecule has 0 aliphatic heterocycles. The first-order valence-electron chi connectivity index (χ1n) is 8.53. The van der Waals surface area contributed by atoms with E-state index < -0.39 is 11.9 Å². The Morgan fingerprint density at radius 2 is 1.92 bits per heavy atom. The molecule has 1 aliphatic carbocycles. The van der Waals surface area contributed by atoms with Crippen molar-refractivity contribution in [1.82, 2.24) is 5.32 Å². The van der Waals surface area contributed by atoms with Crippen LogP contribution in [0.5, 0.6) is 0 Å². The molecule has 3 rings (SSSR count). The van der Waals surface area contributed by atoms with Gasteiger partial charge in [-0.1, -0.05) is 25.0 Å². The Bertz CT molecular complexity index is 821. The highest BCUT2D eigenvalue weighted by Gasteiger charge is 2.22. The normalized spacial score (nSPS) is 14.2. The number of aromatic carboxylic acids is 1. The van der Waals surface area contributed by atoms with E-state index in [4.69, 9.17) is 9.52 Å². The summed E-state index contributed by atoms with van der Waals surface area (Å²) in [5.41, 5.74) is 1.43. The van der Waals surface area contributed by atoms with E-state index in [1.807, 2.05) is 12.1 Å². The van der Waals surface area contributed by atoms with Gasteiger partial charge in [0.1, 0.15) is 6.26 Å². The molecule has 0 bridgehead atoms. The first kappa shape index (κ1) is 17.7. The molecule has 0 radical (unpaired) electrons. The number of carbonyl (C=O) groups excluding carboxylic acids is 2. The zero-order valence-electron chi connectivity index (χ0n) is 14.2. The van der Waals surface area contributed by atoms with E-state index in [1.165, 1.54) is 6.07 Å². The smallest absolute Gasteiger partial charge is 0.338 e. The summed E-state index contributed by atoms with van der Waals surface area (Å²) in [4.78, 5) is 35.0. The number of furan rings is 1. The molecule has 2 amide bonds. The van der Waals surface area contributed by atoms with Crippen molar-refractivity contribution in [3.8, 4) is 0 Å². The van der Waals surface area contributed by atoms with Crippen LogP contribution in [0.4, 0.5) is 5.69 Å². The zero-order valence-corrected chi connectivity index (χ0v) is 14.2. The van der Waals surface area contributed by atoms with Crippen molar-refractivity contribution in [3.05, 3.63) is 53.5 Å². The SMILES string of the molecule is O=C(O)c1coc(C(=O)NCc2cccc(NC(=O)C3CCCC3)c2)c1. The molecule has 1 heterocycles. The first-order chi connectivity index (χ1) is 12.5. The van der Waals surface area contributed by atoms with Gasteiger partial charge in [0, 0.05) is 24.2 Å². The number of carboxylic acid groups (broad SMARTS) is 1. The quantitative estimate of drug-likeness (QED) is 0.737. The van der Waals surface area contributed by atoms with Gasteiger partial charge in [-0.2, -0.15) is 0 Å². The second-order valence-corrected chi connectivity index (χ2v) is 6.36. The molecule has 1 fully saturated rings. The van der Waals surface area contributed by atoms with E-state index in [9.17, 15) is 14.4 Å². The molecule has 26 heavy (non-hydrogen) atoms. The highest BCUT2D eigenvalue weighted by Crippen LogP contribution is 2.26. The second-order valence-electron chi connectivity index (χ2n) is 6.36. The maximum absolute atomic E-state index is 12.2. The van der Waals surface area contributed by atoms with Crippen molar-refractivity contribution in [2.24, 2.45) is 5.92 Å². The van der Waals surface area contributed by atoms with E-state index in [2.05, 4.69) is 10.6 Å². The lowest BCUT2D eigenvalue weighted by molar-refractivity contribution is -0.119. The van der Waals surface area contributed by atoms with Crippen LogP contribution in [-0.2, 0) is 11.3 Å². The number of carboxylic acids is 1. The van der Waals surface area contributed by atoms with Gasteiger partial charge in [-0.3, -0.25) is 9.59 Å². The third-order valence-corrected chi connectivity index (χ3v) is 4.44. The molecule has 7 nitrogen and oxygen atoms in total. The monoisotopic (exact) mass is 356 g/mol. The molecule has 2 aromatic rings. The van der Waals surface area contributed by atoms with Crippen molar-refractivity contribution >= 4 is 23.5 Å². The summed E-state index contributed by atoms with van der Waals surface area (Å²) in [6.45, 7) is 0.231. The minimum Gasteiger partial charge on any atom is -0.478 e. The fourth-order valence-corrected chi connectivity index (χ4v) is 3.03. The van der Waals surface area contributed by atoms with Crippen LogP contribution in [0, 0.1) is 5.92 Å². The Hall–Kier alpha value is -3.09. The third kappa shape index (κ3) is 4.30. The van der Waals surface area contributed by atoms with Crippen LogP contribution >= 0.6 is 0 Å². The van der Waals surface area contributed by atoms with Crippen LogP contribution in [0.15, 0.2) is 41.0 Å². The largest absolute Gasteiger partial charge is 0.478 e. The van der Waals surface area contributed by atoms with Gasteiger partial charge in [-0.15, -0.1) is 0 Å². The Morgan fingerprint density at radius 3 is 2.62 bits per heavy atom. The summed E-state index contributed by atoms with van der Waals surface area (Å²) in [7, 11) is 0. The highest BCUT2D eigenvalue weighted by molar-refractivity contribution is 5.95. The molecule has 0 atom stereocenters. The predicted octanol–water partition coefficient (Wildman–Crippen LogP) is 3.04. The van der Waals surface area contributed by atoms with Gasteiger partial charge in [0.05, 0.1) is 5.56 Å². The lowest BCUT2D eigenvalue weighted by Gasteiger charge is -2.11. The Balaban J connectivity index is 1.56. The lowest BCUT2D eigenvalue weighted by Crippen LogP contribution is -2.23. The lowest BCUT2D eigenvalue weighted by atomic mass is 10.1. The number of amides is 2. The Kier molecular flexibility index (Phi) is 5.36. The minimum atomic E-state index is -1.15. The van der Waals surface area contributed by atoms with E-state index in [0.717, 1.165) is 37.5 Å². The van der Waals surface area contributed by atoms with E-state index in [0.29, 0.717) is 5.69 Å².